The first kappa shape index (κ1) is 13.1. The Morgan fingerprint density at radius 3 is 2.70 bits per heavy atom. The minimum absolute atomic E-state index is 0.473. The summed E-state index contributed by atoms with van der Waals surface area (Å²) in [4.78, 5) is 5.90. The molecule has 4 heteroatoms. The van der Waals surface area contributed by atoms with Crippen LogP contribution in [0.3, 0.4) is 0 Å². The summed E-state index contributed by atoms with van der Waals surface area (Å²) in [6.45, 7) is 2.65. The molecule has 0 bridgehead atoms. The van der Waals surface area contributed by atoms with Gasteiger partial charge in [-0.25, -0.2) is 4.98 Å². The number of hydrogen-bond donors (Lipinski definition) is 0. The SMILES string of the molecule is CCOc1ccc(-c2nc(C3CC3)c(CC#N)s2)cc1. The Morgan fingerprint density at radius 2 is 2.10 bits per heavy atom. The van der Waals surface area contributed by atoms with Gasteiger partial charge in [0.1, 0.15) is 10.8 Å². The molecule has 1 fully saturated rings. The first-order chi connectivity index (χ1) is 9.81. The summed E-state index contributed by atoms with van der Waals surface area (Å²) in [5.74, 6) is 1.47. The number of thiazole rings is 1. The standard InChI is InChI=1S/C16H16N2OS/c1-2-19-13-7-5-12(6-8-13)16-18-15(11-3-4-11)14(20-16)9-10-17/h5-8,11H,2-4,9H2,1H3. The van der Waals surface area contributed by atoms with Gasteiger partial charge in [0.05, 0.1) is 24.8 Å². The van der Waals surface area contributed by atoms with Gasteiger partial charge >= 0.3 is 0 Å². The lowest BCUT2D eigenvalue weighted by atomic mass is 10.2. The van der Waals surface area contributed by atoms with E-state index >= 15 is 0 Å². The maximum absolute atomic E-state index is 8.93. The van der Waals surface area contributed by atoms with Gasteiger partial charge in [-0.2, -0.15) is 5.26 Å². The third-order valence-corrected chi connectivity index (χ3v) is 4.46. The summed E-state index contributed by atoms with van der Waals surface area (Å²) >= 11 is 1.65. The molecule has 0 unspecified atom stereocenters. The highest BCUT2D eigenvalue weighted by molar-refractivity contribution is 7.15. The molecule has 0 saturated heterocycles. The lowest BCUT2D eigenvalue weighted by Crippen LogP contribution is -1.90. The molecule has 1 aliphatic carbocycles. The summed E-state index contributed by atoms with van der Waals surface area (Å²) in [6, 6.07) is 10.3. The number of aromatic nitrogens is 1. The molecular formula is C16H16N2OS. The Labute approximate surface area is 122 Å². The van der Waals surface area contributed by atoms with Crippen molar-refractivity contribution in [1.29, 1.82) is 5.26 Å². The quantitative estimate of drug-likeness (QED) is 0.828. The van der Waals surface area contributed by atoms with Gasteiger partial charge in [0, 0.05) is 16.4 Å². The van der Waals surface area contributed by atoms with Crippen molar-refractivity contribution in [2.45, 2.75) is 32.1 Å². The highest BCUT2D eigenvalue weighted by Crippen LogP contribution is 2.44. The van der Waals surface area contributed by atoms with E-state index in [-0.39, 0.29) is 0 Å². The van der Waals surface area contributed by atoms with E-state index in [4.69, 9.17) is 15.0 Å². The van der Waals surface area contributed by atoms with Gasteiger partial charge in [0.2, 0.25) is 0 Å². The Bertz CT molecular complexity index is 635. The maximum Gasteiger partial charge on any atom is 0.123 e. The van der Waals surface area contributed by atoms with Gasteiger partial charge in [-0.15, -0.1) is 11.3 Å². The first-order valence-corrected chi connectivity index (χ1v) is 7.73. The zero-order valence-electron chi connectivity index (χ0n) is 11.4. The molecule has 1 saturated carbocycles. The Morgan fingerprint density at radius 1 is 1.35 bits per heavy atom. The Kier molecular flexibility index (Phi) is 3.70. The average Bonchev–Trinajstić information content (AvgIpc) is 3.22. The van der Waals surface area contributed by atoms with Gasteiger partial charge in [0.15, 0.2) is 0 Å². The molecule has 1 aliphatic rings. The fraction of sp³-hybridized carbons (Fsp3) is 0.375. The molecular weight excluding hydrogens is 268 g/mol. The fourth-order valence-corrected chi connectivity index (χ4v) is 3.31. The van der Waals surface area contributed by atoms with Crippen molar-refractivity contribution in [3.8, 4) is 22.4 Å². The summed E-state index contributed by atoms with van der Waals surface area (Å²) < 4.78 is 5.45. The number of benzene rings is 1. The topological polar surface area (TPSA) is 45.9 Å². The third-order valence-electron chi connectivity index (χ3n) is 3.34. The molecule has 3 rings (SSSR count). The van der Waals surface area contributed by atoms with Crippen molar-refractivity contribution in [1.82, 2.24) is 4.98 Å². The van der Waals surface area contributed by atoms with Crippen LogP contribution in [-0.4, -0.2) is 11.6 Å². The summed E-state index contributed by atoms with van der Waals surface area (Å²) in [6.07, 6.45) is 2.90. The van der Waals surface area contributed by atoms with E-state index < -0.39 is 0 Å². The molecule has 0 radical (unpaired) electrons. The van der Waals surface area contributed by atoms with Crippen molar-refractivity contribution in [2.75, 3.05) is 6.61 Å². The highest BCUT2D eigenvalue weighted by Gasteiger charge is 2.29. The number of nitrogens with zero attached hydrogens (tertiary/aromatic N) is 2. The molecule has 102 valence electrons. The molecule has 1 aromatic carbocycles. The van der Waals surface area contributed by atoms with Crippen LogP contribution in [0.2, 0.25) is 0 Å². The summed E-state index contributed by atoms with van der Waals surface area (Å²) in [5, 5.41) is 9.95. The molecule has 2 aromatic rings. The van der Waals surface area contributed by atoms with Crippen molar-refractivity contribution in [2.24, 2.45) is 0 Å². The van der Waals surface area contributed by atoms with Gasteiger partial charge in [-0.3, -0.25) is 0 Å². The van der Waals surface area contributed by atoms with Crippen LogP contribution in [0.4, 0.5) is 0 Å². The Balaban J connectivity index is 1.89. The zero-order valence-corrected chi connectivity index (χ0v) is 12.2. The van der Waals surface area contributed by atoms with E-state index in [1.165, 1.54) is 12.8 Å². The van der Waals surface area contributed by atoms with E-state index in [1.54, 1.807) is 11.3 Å². The van der Waals surface area contributed by atoms with Gasteiger partial charge < -0.3 is 4.74 Å². The van der Waals surface area contributed by atoms with Crippen LogP contribution in [-0.2, 0) is 6.42 Å². The second-order valence-electron chi connectivity index (χ2n) is 4.89. The summed E-state index contributed by atoms with van der Waals surface area (Å²) in [7, 11) is 0. The smallest absolute Gasteiger partial charge is 0.123 e. The minimum atomic E-state index is 0.473. The van der Waals surface area contributed by atoms with Crippen molar-refractivity contribution >= 4 is 11.3 Å². The van der Waals surface area contributed by atoms with Gasteiger partial charge in [0.25, 0.3) is 0 Å². The lowest BCUT2D eigenvalue weighted by molar-refractivity contribution is 0.340. The molecule has 0 spiro atoms. The van der Waals surface area contributed by atoms with Crippen molar-refractivity contribution in [3.05, 3.63) is 34.8 Å². The molecule has 1 aromatic heterocycles. The van der Waals surface area contributed by atoms with Crippen LogP contribution in [0.1, 0.15) is 36.3 Å². The predicted molar refractivity (Wildman–Crippen MR) is 80.0 cm³/mol. The minimum Gasteiger partial charge on any atom is -0.494 e. The molecule has 0 amide bonds. The molecule has 0 N–H and O–H groups in total. The fourth-order valence-electron chi connectivity index (χ4n) is 2.22. The van der Waals surface area contributed by atoms with E-state index in [1.807, 2.05) is 31.2 Å². The highest BCUT2D eigenvalue weighted by atomic mass is 32.1. The van der Waals surface area contributed by atoms with E-state index in [0.717, 1.165) is 26.9 Å². The zero-order chi connectivity index (χ0) is 13.9. The largest absolute Gasteiger partial charge is 0.494 e. The number of nitriles is 1. The van der Waals surface area contributed by atoms with Crippen LogP contribution in [0.25, 0.3) is 10.6 Å². The lowest BCUT2D eigenvalue weighted by Gasteiger charge is -2.02. The van der Waals surface area contributed by atoms with Crippen LogP contribution in [0.15, 0.2) is 24.3 Å². The molecule has 0 atom stereocenters. The molecule has 3 nitrogen and oxygen atoms in total. The van der Waals surface area contributed by atoms with Gasteiger partial charge in [-0.1, -0.05) is 0 Å². The molecule has 20 heavy (non-hydrogen) atoms. The van der Waals surface area contributed by atoms with Gasteiger partial charge in [-0.05, 0) is 44.0 Å². The summed E-state index contributed by atoms with van der Waals surface area (Å²) in [5.41, 5.74) is 2.25. The average molecular weight is 284 g/mol. The maximum atomic E-state index is 8.93. The van der Waals surface area contributed by atoms with Crippen LogP contribution < -0.4 is 4.74 Å². The van der Waals surface area contributed by atoms with E-state index in [0.29, 0.717) is 18.9 Å². The second-order valence-corrected chi connectivity index (χ2v) is 5.98. The number of ether oxygens (including phenoxy) is 1. The predicted octanol–water partition coefficient (Wildman–Crippen LogP) is 4.15. The Hall–Kier alpha value is -1.86. The molecule has 1 heterocycles. The van der Waals surface area contributed by atoms with Crippen LogP contribution in [0, 0.1) is 11.3 Å². The third kappa shape index (κ3) is 2.68. The number of hydrogen-bond acceptors (Lipinski definition) is 4. The van der Waals surface area contributed by atoms with Crippen LogP contribution in [0.5, 0.6) is 5.75 Å². The first-order valence-electron chi connectivity index (χ1n) is 6.91. The normalized spacial score (nSPS) is 14.0. The second kappa shape index (κ2) is 5.64. The van der Waals surface area contributed by atoms with E-state index in [2.05, 4.69) is 6.07 Å². The van der Waals surface area contributed by atoms with Crippen molar-refractivity contribution in [3.63, 3.8) is 0 Å². The number of rotatable bonds is 5. The monoisotopic (exact) mass is 284 g/mol. The van der Waals surface area contributed by atoms with Crippen molar-refractivity contribution < 1.29 is 4.74 Å². The molecule has 0 aliphatic heterocycles. The van der Waals surface area contributed by atoms with E-state index in [9.17, 15) is 0 Å². The van der Waals surface area contributed by atoms with Crippen LogP contribution >= 0.6 is 11.3 Å².